The number of benzene rings is 1. The van der Waals surface area contributed by atoms with E-state index in [-0.39, 0.29) is 0 Å². The lowest BCUT2D eigenvalue weighted by molar-refractivity contribution is 0.381. The van der Waals surface area contributed by atoms with Gasteiger partial charge in [-0.1, -0.05) is 91.9 Å². The molecule has 0 radical (unpaired) electrons. The van der Waals surface area contributed by atoms with E-state index in [2.05, 4.69) is 91.2 Å². The van der Waals surface area contributed by atoms with E-state index in [1.807, 2.05) is 0 Å². The molecule has 0 aliphatic rings. The molecule has 0 saturated carbocycles. The molecule has 1 aromatic carbocycles. The number of aromatic nitrogens is 2. The van der Waals surface area contributed by atoms with Crippen LogP contribution in [-0.2, 0) is 6.42 Å². The van der Waals surface area contributed by atoms with Gasteiger partial charge in [0.15, 0.2) is 0 Å². The van der Waals surface area contributed by atoms with Crippen LogP contribution in [0.5, 0.6) is 0 Å². The van der Waals surface area contributed by atoms with Crippen LogP contribution in [0.2, 0.25) is 0 Å². The number of halogens is 1. The van der Waals surface area contributed by atoms with Gasteiger partial charge in [0.2, 0.25) is 0 Å². The first kappa shape index (κ1) is 23.9. The number of allylic oxidation sites excluding steroid dienone is 1. The van der Waals surface area contributed by atoms with Gasteiger partial charge in [-0.3, -0.25) is 0 Å². The summed E-state index contributed by atoms with van der Waals surface area (Å²) in [6.45, 7) is 13.0. The van der Waals surface area contributed by atoms with Gasteiger partial charge < -0.3 is 4.57 Å². The quantitative estimate of drug-likeness (QED) is 0.167. The average Bonchev–Trinajstić information content (AvgIpc) is 3.00. The Balaban J connectivity index is 2.37. The van der Waals surface area contributed by atoms with Gasteiger partial charge in [0, 0.05) is 12.1 Å². The van der Waals surface area contributed by atoms with Crippen molar-refractivity contribution in [2.75, 3.05) is 0 Å². The lowest BCUT2D eigenvalue weighted by atomic mass is 9.79. The minimum Gasteiger partial charge on any atom is -0.319 e. The molecule has 0 spiro atoms. The predicted molar refractivity (Wildman–Crippen MR) is 130 cm³/mol. The maximum Gasteiger partial charge on any atom is 0.110 e. The van der Waals surface area contributed by atoms with Gasteiger partial charge >= 0.3 is 0 Å². The van der Waals surface area contributed by atoms with Gasteiger partial charge in [-0.2, -0.15) is 0 Å². The molecule has 3 atom stereocenters. The molecule has 0 bridgehead atoms. The third-order valence-corrected chi connectivity index (χ3v) is 6.98. The van der Waals surface area contributed by atoms with Crippen molar-refractivity contribution in [3.8, 4) is 0 Å². The molecular weight excluding hydrogens is 420 g/mol. The van der Waals surface area contributed by atoms with Crippen LogP contribution in [0.3, 0.4) is 0 Å². The normalized spacial score (nSPS) is 14.5. The second kappa shape index (κ2) is 12.4. The van der Waals surface area contributed by atoms with Gasteiger partial charge in [0.25, 0.3) is 0 Å². The second-order valence-electron chi connectivity index (χ2n) is 8.29. The van der Waals surface area contributed by atoms with Gasteiger partial charge in [0.1, 0.15) is 5.82 Å². The summed E-state index contributed by atoms with van der Waals surface area (Å²) < 4.78 is 2.46. The Kier molecular flexibility index (Phi) is 10.2. The maximum atomic E-state index is 5.03. The summed E-state index contributed by atoms with van der Waals surface area (Å²) in [6.07, 6.45) is 11.5. The molecule has 29 heavy (non-hydrogen) atoms. The summed E-state index contributed by atoms with van der Waals surface area (Å²) in [6, 6.07) is 11.0. The molecule has 1 heterocycles. The minimum absolute atomic E-state index is 0.325. The van der Waals surface area contributed by atoms with Crippen LogP contribution in [0.25, 0.3) is 0 Å². The Morgan fingerprint density at radius 3 is 2.41 bits per heavy atom. The first-order chi connectivity index (χ1) is 14.0. The molecule has 3 heteroatoms. The average molecular weight is 460 g/mol. The van der Waals surface area contributed by atoms with Crippen molar-refractivity contribution in [2.24, 2.45) is 5.92 Å². The molecule has 0 N–H and O–H groups in total. The molecule has 160 valence electrons. The minimum atomic E-state index is 0.325. The zero-order chi connectivity index (χ0) is 21.2. The molecule has 2 rings (SSSR count). The van der Waals surface area contributed by atoms with Gasteiger partial charge in [-0.05, 0) is 50.5 Å². The Labute approximate surface area is 187 Å². The van der Waals surface area contributed by atoms with E-state index in [1.54, 1.807) is 0 Å². The molecule has 0 aliphatic heterocycles. The number of hydrogen-bond acceptors (Lipinski definition) is 1. The fourth-order valence-electron chi connectivity index (χ4n) is 4.43. The Morgan fingerprint density at radius 1 is 1.07 bits per heavy atom. The van der Waals surface area contributed by atoms with Crippen LogP contribution >= 0.6 is 15.9 Å². The molecule has 1 aromatic heterocycles. The van der Waals surface area contributed by atoms with Gasteiger partial charge in [-0.15, -0.1) is 6.58 Å². The lowest BCUT2D eigenvalue weighted by Crippen LogP contribution is -2.19. The Morgan fingerprint density at radius 2 is 1.79 bits per heavy atom. The summed E-state index contributed by atoms with van der Waals surface area (Å²) in [5, 5.41) is 0. The van der Waals surface area contributed by atoms with Crippen molar-refractivity contribution in [2.45, 2.75) is 89.9 Å². The highest BCUT2D eigenvalue weighted by Gasteiger charge is 2.26. The highest BCUT2D eigenvalue weighted by atomic mass is 79.9. The van der Waals surface area contributed by atoms with Crippen LogP contribution in [0.15, 0.2) is 43.0 Å². The number of alkyl halides is 1. The van der Waals surface area contributed by atoms with Crippen molar-refractivity contribution in [3.05, 3.63) is 65.8 Å². The predicted octanol–water partition coefficient (Wildman–Crippen LogP) is 8.29. The van der Waals surface area contributed by atoms with E-state index >= 15 is 0 Å². The number of aryl methyl sites for hydroxylation is 1. The van der Waals surface area contributed by atoms with Crippen molar-refractivity contribution < 1.29 is 0 Å². The van der Waals surface area contributed by atoms with Gasteiger partial charge in [0.05, 0.1) is 10.6 Å². The molecule has 0 aliphatic carbocycles. The molecule has 0 amide bonds. The number of hydrogen-bond donors (Lipinski definition) is 0. The highest BCUT2D eigenvalue weighted by molar-refractivity contribution is 9.09. The van der Waals surface area contributed by atoms with Crippen LogP contribution in [0, 0.1) is 19.8 Å². The summed E-state index contributed by atoms with van der Waals surface area (Å²) in [5.74, 6) is 2.28. The topological polar surface area (TPSA) is 17.8 Å². The third kappa shape index (κ3) is 6.57. The fourth-order valence-corrected chi connectivity index (χ4v) is 5.29. The first-order valence-electron chi connectivity index (χ1n) is 11.4. The van der Waals surface area contributed by atoms with E-state index in [1.165, 1.54) is 49.2 Å². The van der Waals surface area contributed by atoms with Crippen molar-refractivity contribution in [1.29, 1.82) is 0 Å². The van der Waals surface area contributed by atoms with E-state index in [4.69, 9.17) is 4.98 Å². The second-order valence-corrected chi connectivity index (χ2v) is 9.35. The summed E-state index contributed by atoms with van der Waals surface area (Å²) in [5.41, 5.74) is 3.87. The fraction of sp³-hybridized carbons (Fsp3) is 0.577. The standard InChI is InChI=1S/C26H39BrN2/c1-6-9-11-18-25(27)29-21(5)20(4)28-26(29)19-24(22(14-7-2)15-8-3)23-16-12-10-13-17-23/h7,10,12-13,16-17,22,24-25H,2,6,8-9,11,14-15,18-19H2,1,3-5H3. The number of rotatable bonds is 13. The molecule has 2 aromatic rings. The number of unbranched alkanes of at least 4 members (excludes halogenated alkanes) is 2. The maximum absolute atomic E-state index is 5.03. The Bertz CT molecular complexity index is 735. The first-order valence-corrected chi connectivity index (χ1v) is 12.3. The van der Waals surface area contributed by atoms with Gasteiger partial charge in [-0.25, -0.2) is 4.98 Å². The van der Waals surface area contributed by atoms with Crippen molar-refractivity contribution >= 4 is 15.9 Å². The van der Waals surface area contributed by atoms with Crippen LogP contribution in [0.1, 0.15) is 92.4 Å². The monoisotopic (exact) mass is 458 g/mol. The molecule has 2 nitrogen and oxygen atoms in total. The number of nitrogens with zero attached hydrogens (tertiary/aromatic N) is 2. The largest absolute Gasteiger partial charge is 0.319 e. The molecule has 3 unspecified atom stereocenters. The summed E-state index contributed by atoms with van der Waals surface area (Å²) in [4.78, 5) is 5.36. The van der Waals surface area contributed by atoms with E-state index < -0.39 is 0 Å². The zero-order valence-corrected chi connectivity index (χ0v) is 20.4. The smallest absolute Gasteiger partial charge is 0.110 e. The van der Waals surface area contributed by atoms with E-state index in [0.29, 0.717) is 16.8 Å². The molecule has 0 saturated heterocycles. The van der Waals surface area contributed by atoms with Crippen LogP contribution in [0.4, 0.5) is 0 Å². The van der Waals surface area contributed by atoms with Crippen molar-refractivity contribution in [3.63, 3.8) is 0 Å². The summed E-state index contributed by atoms with van der Waals surface area (Å²) >= 11 is 3.98. The number of imidazole rings is 1. The molecule has 0 fully saturated rings. The Hall–Kier alpha value is -1.35. The summed E-state index contributed by atoms with van der Waals surface area (Å²) in [7, 11) is 0. The molecular formula is C26H39BrN2. The third-order valence-electron chi connectivity index (χ3n) is 6.11. The highest BCUT2D eigenvalue weighted by Crippen LogP contribution is 2.36. The zero-order valence-electron chi connectivity index (χ0n) is 18.8. The van der Waals surface area contributed by atoms with E-state index in [0.717, 1.165) is 25.0 Å². The van der Waals surface area contributed by atoms with Crippen molar-refractivity contribution in [1.82, 2.24) is 9.55 Å². The van der Waals surface area contributed by atoms with Crippen LogP contribution < -0.4 is 0 Å². The van der Waals surface area contributed by atoms with Crippen LogP contribution in [-0.4, -0.2) is 9.55 Å². The SMILES string of the molecule is C=CCC(CCC)C(Cc1nc(C)c(C)n1C(Br)CCCCC)c1ccccc1. The lowest BCUT2D eigenvalue weighted by Gasteiger charge is -2.28. The van der Waals surface area contributed by atoms with E-state index in [9.17, 15) is 0 Å².